The van der Waals surface area contributed by atoms with Crippen molar-refractivity contribution in [2.75, 3.05) is 6.61 Å². The molecule has 0 atom stereocenters. The van der Waals surface area contributed by atoms with Crippen LogP contribution in [-0.4, -0.2) is 27.8 Å². The normalized spacial score (nSPS) is 12.8. The summed E-state index contributed by atoms with van der Waals surface area (Å²) in [6.07, 6.45) is 7.30. The number of hydrogen-bond acceptors (Lipinski definition) is 4. The molecule has 150 valence electrons. The van der Waals surface area contributed by atoms with Gasteiger partial charge < -0.3 is 4.74 Å². The van der Waals surface area contributed by atoms with Crippen molar-refractivity contribution in [3.63, 3.8) is 0 Å². The van der Waals surface area contributed by atoms with E-state index < -0.39 is 5.97 Å². The topological polar surface area (TPSA) is 56.5 Å². The third kappa shape index (κ3) is 3.77. The second-order valence-corrected chi connectivity index (χ2v) is 8.45. The molecule has 0 saturated heterocycles. The molecule has 0 fully saturated rings. The van der Waals surface area contributed by atoms with Gasteiger partial charge in [-0.05, 0) is 23.6 Å². The maximum absolute atomic E-state index is 12.7. The van der Waals surface area contributed by atoms with E-state index in [4.69, 9.17) is 16.2 Å². The first-order valence-corrected chi connectivity index (χ1v) is 9.82. The Morgan fingerprint density at radius 3 is 2.67 bits per heavy atom. The Labute approximate surface area is 176 Å². The van der Waals surface area contributed by atoms with Gasteiger partial charge in [0.15, 0.2) is 5.69 Å². The number of benzene rings is 2. The summed E-state index contributed by atoms with van der Waals surface area (Å²) in [6.45, 7) is 6.68. The highest BCUT2D eigenvalue weighted by Crippen LogP contribution is 2.28. The summed E-state index contributed by atoms with van der Waals surface area (Å²) in [5, 5.41) is 0. The third-order valence-electron chi connectivity index (χ3n) is 4.81. The standard InChI is InChI=1S/C25H23N3O2/c1-5-17-11-12-20-19(13-17)22(18-9-7-6-8-10-18)26-14-21-23(27-16-28(20)21)24(29)30-15-25(2,3)4/h1,6-13,16H,14-15H2,2-4H3. The maximum atomic E-state index is 12.7. The predicted octanol–water partition coefficient (Wildman–Crippen LogP) is 4.41. The minimum Gasteiger partial charge on any atom is -0.460 e. The number of rotatable bonds is 3. The molecule has 3 aromatic rings. The molecule has 0 unspecified atom stereocenters. The number of esters is 1. The van der Waals surface area contributed by atoms with Gasteiger partial charge in [-0.1, -0.05) is 57.0 Å². The average Bonchev–Trinajstić information content (AvgIpc) is 3.09. The van der Waals surface area contributed by atoms with Crippen LogP contribution in [0.1, 0.15) is 53.6 Å². The molecule has 1 aromatic heterocycles. The van der Waals surface area contributed by atoms with Crippen LogP contribution in [0.4, 0.5) is 0 Å². The van der Waals surface area contributed by atoms with Gasteiger partial charge in [0.1, 0.15) is 6.33 Å². The summed E-state index contributed by atoms with van der Waals surface area (Å²) in [6, 6.07) is 15.7. The van der Waals surface area contributed by atoms with Crippen molar-refractivity contribution in [3.05, 3.63) is 82.9 Å². The summed E-state index contributed by atoms with van der Waals surface area (Å²) in [5.74, 6) is 2.26. The van der Waals surface area contributed by atoms with Crippen LogP contribution < -0.4 is 0 Å². The van der Waals surface area contributed by atoms with Crippen LogP contribution in [0.25, 0.3) is 5.69 Å². The van der Waals surface area contributed by atoms with Gasteiger partial charge in [0.05, 0.1) is 30.2 Å². The minimum atomic E-state index is -0.432. The van der Waals surface area contributed by atoms with Crippen molar-refractivity contribution in [1.29, 1.82) is 0 Å². The van der Waals surface area contributed by atoms with E-state index in [9.17, 15) is 4.79 Å². The fourth-order valence-corrected chi connectivity index (χ4v) is 3.36. The van der Waals surface area contributed by atoms with Crippen LogP contribution in [0.15, 0.2) is 59.9 Å². The number of aromatic nitrogens is 2. The Morgan fingerprint density at radius 2 is 1.97 bits per heavy atom. The summed E-state index contributed by atoms with van der Waals surface area (Å²) in [4.78, 5) is 21.9. The molecule has 0 amide bonds. The van der Waals surface area contributed by atoms with Gasteiger partial charge in [-0.25, -0.2) is 9.78 Å². The summed E-state index contributed by atoms with van der Waals surface area (Å²) >= 11 is 0. The van der Waals surface area contributed by atoms with E-state index in [-0.39, 0.29) is 5.41 Å². The molecule has 0 spiro atoms. The molecule has 5 heteroatoms. The van der Waals surface area contributed by atoms with Crippen LogP contribution in [-0.2, 0) is 11.3 Å². The van der Waals surface area contributed by atoms with Crippen LogP contribution in [0.3, 0.4) is 0 Å². The first-order chi connectivity index (χ1) is 14.4. The molecule has 2 heterocycles. The number of imidazole rings is 1. The Bertz CT molecular complexity index is 1180. The van der Waals surface area contributed by atoms with Gasteiger partial charge in [0.25, 0.3) is 0 Å². The molecule has 0 saturated carbocycles. The van der Waals surface area contributed by atoms with Gasteiger partial charge in [-0.15, -0.1) is 6.42 Å². The highest BCUT2D eigenvalue weighted by atomic mass is 16.5. The number of fused-ring (bicyclic) bond motifs is 3. The van der Waals surface area contributed by atoms with Crippen LogP contribution in [0, 0.1) is 17.8 Å². The van der Waals surface area contributed by atoms with Gasteiger partial charge in [-0.2, -0.15) is 0 Å². The highest BCUT2D eigenvalue weighted by Gasteiger charge is 2.26. The molecule has 0 N–H and O–H groups in total. The minimum absolute atomic E-state index is 0.122. The highest BCUT2D eigenvalue weighted by molar-refractivity contribution is 6.15. The van der Waals surface area contributed by atoms with E-state index in [1.807, 2.05) is 73.9 Å². The fourth-order valence-electron chi connectivity index (χ4n) is 3.36. The zero-order valence-electron chi connectivity index (χ0n) is 17.3. The van der Waals surface area contributed by atoms with E-state index in [2.05, 4.69) is 10.9 Å². The SMILES string of the molecule is C#Cc1ccc2c(c1)C(c1ccccc1)=NCc1c(C(=O)OCC(C)(C)C)ncn1-2. The molecule has 2 aromatic carbocycles. The van der Waals surface area contributed by atoms with Crippen LogP contribution in [0.5, 0.6) is 0 Å². The molecule has 1 aliphatic rings. The number of carbonyl (C=O) groups is 1. The van der Waals surface area contributed by atoms with E-state index in [1.54, 1.807) is 6.33 Å². The van der Waals surface area contributed by atoms with Crippen molar-refractivity contribution >= 4 is 11.7 Å². The van der Waals surface area contributed by atoms with Crippen molar-refractivity contribution < 1.29 is 9.53 Å². The molecule has 30 heavy (non-hydrogen) atoms. The van der Waals surface area contributed by atoms with Crippen LogP contribution in [0.2, 0.25) is 0 Å². The smallest absolute Gasteiger partial charge is 0.358 e. The number of terminal acetylenes is 1. The van der Waals surface area contributed by atoms with Crippen LogP contribution >= 0.6 is 0 Å². The largest absolute Gasteiger partial charge is 0.460 e. The Hall–Kier alpha value is -3.65. The lowest BCUT2D eigenvalue weighted by Gasteiger charge is -2.17. The fraction of sp³-hybridized carbons (Fsp3) is 0.240. The monoisotopic (exact) mass is 397 g/mol. The quantitative estimate of drug-likeness (QED) is 0.486. The molecule has 0 radical (unpaired) electrons. The first-order valence-electron chi connectivity index (χ1n) is 9.82. The lowest BCUT2D eigenvalue weighted by molar-refractivity contribution is 0.0359. The number of nitrogens with zero attached hydrogens (tertiary/aromatic N) is 3. The number of aliphatic imine (C=N–C) groups is 1. The number of carbonyl (C=O) groups excluding carboxylic acids is 1. The van der Waals surface area contributed by atoms with Gasteiger partial charge >= 0.3 is 5.97 Å². The van der Waals surface area contributed by atoms with E-state index in [0.29, 0.717) is 24.5 Å². The third-order valence-corrected chi connectivity index (χ3v) is 4.81. The van der Waals surface area contributed by atoms with E-state index >= 15 is 0 Å². The lowest BCUT2D eigenvalue weighted by atomic mass is 9.98. The maximum Gasteiger partial charge on any atom is 0.358 e. The van der Waals surface area contributed by atoms with E-state index in [1.165, 1.54) is 0 Å². The van der Waals surface area contributed by atoms with Crippen molar-refractivity contribution in [1.82, 2.24) is 9.55 Å². The summed E-state index contributed by atoms with van der Waals surface area (Å²) in [7, 11) is 0. The predicted molar refractivity (Wildman–Crippen MR) is 117 cm³/mol. The number of ether oxygens (including phenoxy) is 1. The van der Waals surface area contributed by atoms with Crippen molar-refractivity contribution in [2.45, 2.75) is 27.3 Å². The zero-order chi connectivity index (χ0) is 21.3. The average molecular weight is 397 g/mol. The molecule has 1 aliphatic heterocycles. The lowest BCUT2D eigenvalue weighted by Crippen LogP contribution is -2.19. The second kappa shape index (κ2) is 7.64. The zero-order valence-corrected chi connectivity index (χ0v) is 17.3. The molecular formula is C25H23N3O2. The summed E-state index contributed by atoms with van der Waals surface area (Å²) < 4.78 is 7.41. The molecular weight excluding hydrogens is 374 g/mol. The van der Waals surface area contributed by atoms with Crippen molar-refractivity contribution in [2.24, 2.45) is 10.4 Å². The molecule has 4 rings (SSSR count). The van der Waals surface area contributed by atoms with E-state index in [0.717, 1.165) is 28.1 Å². The first kappa shape index (κ1) is 19.7. The summed E-state index contributed by atoms with van der Waals surface area (Å²) in [5.41, 5.74) is 5.26. The molecule has 0 aliphatic carbocycles. The Kier molecular flexibility index (Phi) is 5.01. The van der Waals surface area contributed by atoms with Gasteiger partial charge in [0.2, 0.25) is 0 Å². The number of hydrogen-bond donors (Lipinski definition) is 0. The van der Waals surface area contributed by atoms with Gasteiger partial charge in [0, 0.05) is 16.7 Å². The Morgan fingerprint density at radius 1 is 1.20 bits per heavy atom. The second-order valence-electron chi connectivity index (χ2n) is 8.45. The van der Waals surface area contributed by atoms with Gasteiger partial charge in [-0.3, -0.25) is 9.56 Å². The molecule has 5 nitrogen and oxygen atoms in total. The molecule has 0 bridgehead atoms. The van der Waals surface area contributed by atoms with Crippen molar-refractivity contribution in [3.8, 4) is 18.0 Å². The Balaban J connectivity index is 1.82.